The lowest BCUT2D eigenvalue weighted by Gasteiger charge is -2.09. The second-order valence-electron chi connectivity index (χ2n) is 4.62. The summed E-state index contributed by atoms with van der Waals surface area (Å²) in [6.45, 7) is 0.508. The molecular weight excluding hydrogens is 266 g/mol. The SMILES string of the molecule is O=[N+]([O-])c1ncccc1NCc1cccc2ccccc12. The molecule has 3 rings (SSSR count). The fraction of sp³-hybridized carbons (Fsp3) is 0.0625. The smallest absolute Gasteiger partial charge is 0.374 e. The molecule has 5 nitrogen and oxygen atoms in total. The highest BCUT2D eigenvalue weighted by Crippen LogP contribution is 2.23. The van der Waals surface area contributed by atoms with Gasteiger partial charge in [0.1, 0.15) is 11.9 Å². The van der Waals surface area contributed by atoms with Gasteiger partial charge in [0, 0.05) is 6.54 Å². The number of fused-ring (bicyclic) bond motifs is 1. The number of hydrogen-bond acceptors (Lipinski definition) is 4. The van der Waals surface area contributed by atoms with E-state index < -0.39 is 4.92 Å². The number of pyridine rings is 1. The van der Waals surface area contributed by atoms with E-state index in [4.69, 9.17) is 0 Å². The lowest BCUT2D eigenvalue weighted by molar-refractivity contribution is -0.388. The highest BCUT2D eigenvalue weighted by molar-refractivity contribution is 5.85. The third kappa shape index (κ3) is 2.67. The Balaban J connectivity index is 1.89. The van der Waals surface area contributed by atoms with E-state index in [1.165, 1.54) is 6.20 Å². The van der Waals surface area contributed by atoms with Gasteiger partial charge in [-0.3, -0.25) is 0 Å². The van der Waals surface area contributed by atoms with Crippen molar-refractivity contribution in [3.63, 3.8) is 0 Å². The zero-order valence-corrected chi connectivity index (χ0v) is 11.2. The molecule has 0 aliphatic carbocycles. The fourth-order valence-corrected chi connectivity index (χ4v) is 2.32. The van der Waals surface area contributed by atoms with Crippen LogP contribution in [0, 0.1) is 10.1 Å². The van der Waals surface area contributed by atoms with Crippen LogP contribution < -0.4 is 5.32 Å². The number of nitro groups is 1. The average molecular weight is 279 g/mol. The summed E-state index contributed by atoms with van der Waals surface area (Å²) in [6.07, 6.45) is 1.42. The molecule has 5 heteroatoms. The van der Waals surface area contributed by atoms with Crippen LogP contribution in [0.2, 0.25) is 0 Å². The van der Waals surface area contributed by atoms with Crippen molar-refractivity contribution in [3.8, 4) is 0 Å². The van der Waals surface area contributed by atoms with E-state index in [-0.39, 0.29) is 5.82 Å². The molecule has 0 unspecified atom stereocenters. The molecule has 0 aliphatic rings. The molecule has 104 valence electrons. The quantitative estimate of drug-likeness (QED) is 0.583. The van der Waals surface area contributed by atoms with Crippen molar-refractivity contribution in [2.24, 2.45) is 0 Å². The molecule has 0 saturated heterocycles. The summed E-state index contributed by atoms with van der Waals surface area (Å²) in [7, 11) is 0. The number of anilines is 1. The molecule has 0 spiro atoms. The Hall–Kier alpha value is -2.95. The second kappa shape index (κ2) is 5.58. The Labute approximate surface area is 121 Å². The van der Waals surface area contributed by atoms with Gasteiger partial charge in [-0.05, 0) is 38.4 Å². The molecule has 1 N–H and O–H groups in total. The molecule has 2 aromatic carbocycles. The van der Waals surface area contributed by atoms with Crippen LogP contribution in [0.3, 0.4) is 0 Å². The first-order valence-corrected chi connectivity index (χ1v) is 6.55. The topological polar surface area (TPSA) is 68.1 Å². The molecule has 3 aromatic rings. The van der Waals surface area contributed by atoms with E-state index in [0.717, 1.165) is 16.3 Å². The van der Waals surface area contributed by atoms with E-state index >= 15 is 0 Å². The molecule has 0 bridgehead atoms. The van der Waals surface area contributed by atoms with Crippen molar-refractivity contribution >= 4 is 22.3 Å². The van der Waals surface area contributed by atoms with Crippen molar-refractivity contribution in [2.45, 2.75) is 6.54 Å². The first kappa shape index (κ1) is 13.1. The van der Waals surface area contributed by atoms with E-state index in [2.05, 4.69) is 10.3 Å². The lowest BCUT2D eigenvalue weighted by atomic mass is 10.0. The van der Waals surface area contributed by atoms with Gasteiger partial charge in [0.15, 0.2) is 0 Å². The Kier molecular flexibility index (Phi) is 3.47. The molecule has 0 fully saturated rings. The molecule has 0 amide bonds. The number of rotatable bonds is 4. The molecule has 1 aromatic heterocycles. The van der Waals surface area contributed by atoms with Crippen LogP contribution in [0.1, 0.15) is 5.56 Å². The third-order valence-electron chi connectivity index (χ3n) is 3.31. The molecule has 0 radical (unpaired) electrons. The number of hydrogen-bond donors (Lipinski definition) is 1. The van der Waals surface area contributed by atoms with Crippen LogP contribution in [0.5, 0.6) is 0 Å². The van der Waals surface area contributed by atoms with Crippen LogP contribution in [-0.2, 0) is 6.54 Å². The summed E-state index contributed by atoms with van der Waals surface area (Å²) < 4.78 is 0. The number of benzene rings is 2. The van der Waals surface area contributed by atoms with Crippen molar-refractivity contribution in [1.29, 1.82) is 0 Å². The zero-order valence-electron chi connectivity index (χ0n) is 11.2. The Morgan fingerprint density at radius 3 is 2.71 bits per heavy atom. The van der Waals surface area contributed by atoms with E-state index in [9.17, 15) is 10.1 Å². The lowest BCUT2D eigenvalue weighted by Crippen LogP contribution is -2.04. The van der Waals surface area contributed by atoms with Crippen LogP contribution in [0.25, 0.3) is 10.8 Å². The Morgan fingerprint density at radius 2 is 1.86 bits per heavy atom. The van der Waals surface area contributed by atoms with Crippen molar-refractivity contribution in [1.82, 2.24) is 4.98 Å². The molecular formula is C16H13N3O2. The average Bonchev–Trinajstić information content (AvgIpc) is 2.53. The predicted molar refractivity (Wildman–Crippen MR) is 82.2 cm³/mol. The van der Waals surface area contributed by atoms with Gasteiger partial charge >= 0.3 is 5.82 Å². The van der Waals surface area contributed by atoms with Crippen LogP contribution in [0.4, 0.5) is 11.5 Å². The van der Waals surface area contributed by atoms with E-state index in [1.807, 2.05) is 42.5 Å². The Morgan fingerprint density at radius 1 is 1.05 bits per heavy atom. The van der Waals surface area contributed by atoms with Crippen LogP contribution in [-0.4, -0.2) is 9.91 Å². The van der Waals surface area contributed by atoms with Crippen molar-refractivity contribution < 1.29 is 4.92 Å². The van der Waals surface area contributed by atoms with Gasteiger partial charge in [0.05, 0.1) is 0 Å². The van der Waals surface area contributed by atoms with E-state index in [1.54, 1.807) is 12.1 Å². The number of aromatic nitrogens is 1. The van der Waals surface area contributed by atoms with E-state index in [0.29, 0.717) is 12.2 Å². The maximum atomic E-state index is 10.9. The summed E-state index contributed by atoms with van der Waals surface area (Å²) in [5.41, 5.74) is 1.52. The summed E-state index contributed by atoms with van der Waals surface area (Å²) in [5, 5.41) is 16.3. The van der Waals surface area contributed by atoms with Gasteiger partial charge in [0.25, 0.3) is 0 Å². The minimum Gasteiger partial charge on any atom is -0.374 e. The van der Waals surface area contributed by atoms with Gasteiger partial charge in [-0.2, -0.15) is 0 Å². The standard InChI is InChI=1S/C16H13N3O2/c20-19(21)16-15(9-4-10-17-16)18-11-13-7-3-6-12-5-1-2-8-14(12)13/h1-10,18H,11H2. The summed E-state index contributed by atoms with van der Waals surface area (Å²) in [5.74, 6) is -0.155. The normalized spacial score (nSPS) is 10.5. The molecule has 0 aliphatic heterocycles. The van der Waals surface area contributed by atoms with Crippen molar-refractivity contribution in [2.75, 3.05) is 5.32 Å². The van der Waals surface area contributed by atoms with Crippen molar-refractivity contribution in [3.05, 3.63) is 76.5 Å². The summed E-state index contributed by atoms with van der Waals surface area (Å²) in [6, 6.07) is 17.5. The van der Waals surface area contributed by atoms with Gasteiger partial charge in [0.2, 0.25) is 0 Å². The monoisotopic (exact) mass is 279 g/mol. The van der Waals surface area contributed by atoms with Crippen LogP contribution in [0.15, 0.2) is 60.8 Å². The first-order valence-electron chi connectivity index (χ1n) is 6.55. The third-order valence-corrected chi connectivity index (χ3v) is 3.31. The minimum absolute atomic E-state index is 0.155. The summed E-state index contributed by atoms with van der Waals surface area (Å²) >= 11 is 0. The molecule has 1 heterocycles. The maximum absolute atomic E-state index is 10.9. The number of nitrogens with zero attached hydrogens (tertiary/aromatic N) is 2. The van der Waals surface area contributed by atoms with Gasteiger partial charge in [-0.1, -0.05) is 42.5 Å². The number of nitrogens with one attached hydrogen (secondary N) is 1. The van der Waals surface area contributed by atoms with Gasteiger partial charge in [-0.25, -0.2) is 0 Å². The fourth-order valence-electron chi connectivity index (χ4n) is 2.32. The second-order valence-corrected chi connectivity index (χ2v) is 4.62. The zero-order chi connectivity index (χ0) is 14.7. The van der Waals surface area contributed by atoms with Gasteiger partial charge in [-0.15, -0.1) is 0 Å². The predicted octanol–water partition coefficient (Wildman–Crippen LogP) is 3.76. The highest BCUT2D eigenvalue weighted by Gasteiger charge is 2.13. The molecule has 0 atom stereocenters. The highest BCUT2D eigenvalue weighted by atomic mass is 16.6. The maximum Gasteiger partial charge on any atom is 0.386 e. The van der Waals surface area contributed by atoms with Crippen LogP contribution >= 0.6 is 0 Å². The summed E-state index contributed by atoms with van der Waals surface area (Å²) in [4.78, 5) is 14.3. The first-order chi connectivity index (χ1) is 10.3. The largest absolute Gasteiger partial charge is 0.386 e. The molecule has 0 saturated carbocycles. The Bertz CT molecular complexity index is 797. The van der Waals surface area contributed by atoms with Gasteiger partial charge < -0.3 is 15.4 Å². The molecule has 21 heavy (non-hydrogen) atoms. The minimum atomic E-state index is -0.481.